The Morgan fingerprint density at radius 2 is 1.70 bits per heavy atom. The number of aliphatic hydroxyl groups is 1. The number of nitrogens with zero attached hydrogens (tertiary/aromatic N) is 3. The molecule has 0 aliphatic carbocycles. The van der Waals surface area contributed by atoms with E-state index in [2.05, 4.69) is 23.7 Å². The number of anilines is 1. The molecule has 0 unspecified atom stereocenters. The Labute approximate surface area is 139 Å². The maximum Gasteiger partial charge on any atom is 0.225 e. The molecule has 23 heavy (non-hydrogen) atoms. The fourth-order valence-electron chi connectivity index (χ4n) is 3.39. The lowest BCUT2D eigenvalue weighted by atomic mass is 9.88. The summed E-state index contributed by atoms with van der Waals surface area (Å²) in [6.07, 6.45) is 7.04. The predicted octanol–water partition coefficient (Wildman–Crippen LogP) is 2.45. The molecular weight excluding hydrogens is 290 g/mol. The topological polar surface area (TPSA) is 56.7 Å². The van der Waals surface area contributed by atoms with Crippen LogP contribution in [0.2, 0.25) is 0 Å². The Kier molecular flexibility index (Phi) is 6.39. The minimum atomic E-state index is -0.831. The monoisotopic (exact) mass is 319 g/mol. The highest BCUT2D eigenvalue weighted by atomic mass is 16.3. The number of carbonyl (C=O) groups is 1. The molecule has 1 aromatic heterocycles. The second kappa shape index (κ2) is 8.29. The van der Waals surface area contributed by atoms with Crippen LogP contribution in [0.25, 0.3) is 0 Å². The fourth-order valence-corrected chi connectivity index (χ4v) is 3.39. The number of amides is 1. The minimum absolute atomic E-state index is 0.0868. The van der Waals surface area contributed by atoms with Crippen molar-refractivity contribution in [2.45, 2.75) is 51.6 Å². The third-order valence-corrected chi connectivity index (χ3v) is 4.57. The van der Waals surface area contributed by atoms with Gasteiger partial charge >= 0.3 is 0 Å². The number of carbonyl (C=O) groups excluding carboxylic acids is 1. The van der Waals surface area contributed by atoms with Gasteiger partial charge in [0, 0.05) is 44.3 Å². The van der Waals surface area contributed by atoms with E-state index >= 15 is 0 Å². The summed E-state index contributed by atoms with van der Waals surface area (Å²) in [4.78, 5) is 20.8. The van der Waals surface area contributed by atoms with Crippen LogP contribution in [0.1, 0.15) is 46.0 Å². The molecule has 1 aliphatic heterocycles. The lowest BCUT2D eigenvalue weighted by Gasteiger charge is -2.37. The Balaban J connectivity index is 1.88. The molecule has 0 saturated carbocycles. The van der Waals surface area contributed by atoms with Crippen molar-refractivity contribution in [1.29, 1.82) is 0 Å². The van der Waals surface area contributed by atoms with E-state index in [1.807, 2.05) is 17.0 Å². The van der Waals surface area contributed by atoms with Crippen LogP contribution in [0.15, 0.2) is 24.5 Å². The fraction of sp³-hybridized carbons (Fsp3) is 0.667. The van der Waals surface area contributed by atoms with Gasteiger partial charge in [-0.3, -0.25) is 9.78 Å². The first kappa shape index (κ1) is 17.7. The summed E-state index contributed by atoms with van der Waals surface area (Å²) < 4.78 is 0. The van der Waals surface area contributed by atoms with Crippen LogP contribution in [0.3, 0.4) is 0 Å². The molecule has 0 radical (unpaired) electrons. The first-order chi connectivity index (χ1) is 11.1. The summed E-state index contributed by atoms with van der Waals surface area (Å²) in [5, 5.41) is 10.7. The van der Waals surface area contributed by atoms with Crippen LogP contribution < -0.4 is 4.90 Å². The largest absolute Gasteiger partial charge is 0.389 e. The molecule has 5 heteroatoms. The van der Waals surface area contributed by atoms with Crippen molar-refractivity contribution in [3.05, 3.63) is 24.5 Å². The highest BCUT2D eigenvalue weighted by Gasteiger charge is 2.31. The highest BCUT2D eigenvalue weighted by Crippen LogP contribution is 2.25. The maximum atomic E-state index is 12.5. The molecule has 1 amide bonds. The zero-order valence-electron chi connectivity index (χ0n) is 14.4. The Morgan fingerprint density at radius 1 is 1.13 bits per heavy atom. The zero-order valence-corrected chi connectivity index (χ0v) is 14.4. The van der Waals surface area contributed by atoms with Crippen LogP contribution in [-0.4, -0.2) is 52.7 Å². The number of aromatic nitrogens is 1. The van der Waals surface area contributed by atoms with Gasteiger partial charge in [0.25, 0.3) is 0 Å². The molecule has 0 aromatic carbocycles. The van der Waals surface area contributed by atoms with Gasteiger partial charge in [-0.1, -0.05) is 26.7 Å². The molecule has 1 aliphatic rings. The van der Waals surface area contributed by atoms with Crippen LogP contribution in [-0.2, 0) is 4.79 Å². The van der Waals surface area contributed by atoms with Gasteiger partial charge in [0.2, 0.25) is 5.91 Å². The van der Waals surface area contributed by atoms with Gasteiger partial charge in [-0.05, 0) is 25.0 Å². The normalized spacial score (nSPS) is 15.8. The van der Waals surface area contributed by atoms with Crippen LogP contribution in [0.5, 0.6) is 0 Å². The zero-order chi connectivity index (χ0) is 16.7. The third kappa shape index (κ3) is 4.93. The maximum absolute atomic E-state index is 12.5. The molecular formula is C18H29N3O2. The van der Waals surface area contributed by atoms with E-state index < -0.39 is 5.60 Å². The molecule has 1 fully saturated rings. The van der Waals surface area contributed by atoms with E-state index in [0.717, 1.165) is 44.7 Å². The Morgan fingerprint density at radius 3 is 2.22 bits per heavy atom. The van der Waals surface area contributed by atoms with Crippen molar-refractivity contribution in [3.8, 4) is 0 Å². The lowest BCUT2D eigenvalue weighted by molar-refractivity contribution is -0.137. The molecule has 0 bridgehead atoms. The number of hydrogen-bond donors (Lipinski definition) is 1. The van der Waals surface area contributed by atoms with Crippen molar-refractivity contribution in [2.24, 2.45) is 0 Å². The summed E-state index contributed by atoms with van der Waals surface area (Å²) >= 11 is 0. The first-order valence-corrected chi connectivity index (χ1v) is 8.73. The van der Waals surface area contributed by atoms with Crippen molar-refractivity contribution in [2.75, 3.05) is 31.1 Å². The number of piperazine rings is 1. The SMILES string of the molecule is CCCC(O)(CCC)CC(=O)N1CCN(c2ccncc2)CC1. The molecule has 1 saturated heterocycles. The van der Waals surface area contributed by atoms with Crippen LogP contribution in [0, 0.1) is 0 Å². The third-order valence-electron chi connectivity index (χ3n) is 4.57. The second-order valence-corrected chi connectivity index (χ2v) is 6.47. The molecule has 0 atom stereocenters. The average Bonchev–Trinajstić information content (AvgIpc) is 2.56. The summed E-state index contributed by atoms with van der Waals surface area (Å²) in [6.45, 7) is 7.20. The van der Waals surface area contributed by atoms with Crippen molar-refractivity contribution < 1.29 is 9.90 Å². The number of hydrogen-bond acceptors (Lipinski definition) is 4. The molecule has 0 spiro atoms. The van der Waals surface area contributed by atoms with E-state index in [1.54, 1.807) is 12.4 Å². The van der Waals surface area contributed by atoms with E-state index in [-0.39, 0.29) is 12.3 Å². The van der Waals surface area contributed by atoms with E-state index in [4.69, 9.17) is 0 Å². The van der Waals surface area contributed by atoms with E-state index in [1.165, 1.54) is 0 Å². The van der Waals surface area contributed by atoms with Crippen molar-refractivity contribution in [1.82, 2.24) is 9.88 Å². The number of rotatable bonds is 7. The second-order valence-electron chi connectivity index (χ2n) is 6.47. The quantitative estimate of drug-likeness (QED) is 0.839. The summed E-state index contributed by atoms with van der Waals surface area (Å²) in [6, 6.07) is 4.00. The van der Waals surface area contributed by atoms with Gasteiger partial charge in [-0.25, -0.2) is 0 Å². The summed E-state index contributed by atoms with van der Waals surface area (Å²) in [7, 11) is 0. The highest BCUT2D eigenvalue weighted by molar-refractivity contribution is 5.77. The van der Waals surface area contributed by atoms with Gasteiger partial charge in [-0.15, -0.1) is 0 Å². The first-order valence-electron chi connectivity index (χ1n) is 8.73. The molecule has 1 aromatic rings. The van der Waals surface area contributed by atoms with Gasteiger partial charge < -0.3 is 14.9 Å². The van der Waals surface area contributed by atoms with Gasteiger partial charge in [0.1, 0.15) is 0 Å². The molecule has 128 valence electrons. The summed E-state index contributed by atoms with van der Waals surface area (Å²) in [5.41, 5.74) is 0.323. The van der Waals surface area contributed by atoms with Crippen molar-refractivity contribution >= 4 is 11.6 Å². The number of pyridine rings is 1. The van der Waals surface area contributed by atoms with E-state index in [0.29, 0.717) is 12.8 Å². The van der Waals surface area contributed by atoms with Crippen molar-refractivity contribution in [3.63, 3.8) is 0 Å². The minimum Gasteiger partial charge on any atom is -0.389 e. The lowest BCUT2D eigenvalue weighted by Crippen LogP contribution is -2.50. The van der Waals surface area contributed by atoms with Gasteiger partial charge in [0.15, 0.2) is 0 Å². The average molecular weight is 319 g/mol. The Hall–Kier alpha value is -1.62. The molecule has 2 rings (SSSR count). The molecule has 5 nitrogen and oxygen atoms in total. The summed E-state index contributed by atoms with van der Waals surface area (Å²) in [5.74, 6) is 0.0868. The smallest absolute Gasteiger partial charge is 0.225 e. The Bertz CT molecular complexity index is 478. The molecule has 2 heterocycles. The standard InChI is InChI=1S/C18H29N3O2/c1-3-7-18(23,8-4-2)15-17(22)21-13-11-20(12-14-21)16-5-9-19-10-6-16/h5-6,9-10,23H,3-4,7-8,11-15H2,1-2H3. The predicted molar refractivity (Wildman–Crippen MR) is 92.4 cm³/mol. The van der Waals surface area contributed by atoms with Crippen LogP contribution in [0.4, 0.5) is 5.69 Å². The van der Waals surface area contributed by atoms with Gasteiger partial charge in [0.05, 0.1) is 12.0 Å². The van der Waals surface area contributed by atoms with Gasteiger partial charge in [-0.2, -0.15) is 0 Å². The molecule has 1 N–H and O–H groups in total. The van der Waals surface area contributed by atoms with E-state index in [9.17, 15) is 9.90 Å². The van der Waals surface area contributed by atoms with Crippen LogP contribution >= 0.6 is 0 Å².